The number of anilines is 2. The second kappa shape index (κ2) is 10.3. The summed E-state index contributed by atoms with van der Waals surface area (Å²) in [5.41, 5.74) is 4.00. The number of piperazine rings is 1. The van der Waals surface area contributed by atoms with Crippen molar-refractivity contribution in [3.8, 4) is 5.75 Å². The Kier molecular flexibility index (Phi) is 7.52. The molecule has 1 saturated heterocycles. The molecule has 7 nitrogen and oxygen atoms in total. The van der Waals surface area contributed by atoms with E-state index in [1.165, 1.54) is 4.90 Å². The zero-order valence-electron chi connectivity index (χ0n) is 18.9. The van der Waals surface area contributed by atoms with Crippen molar-refractivity contribution in [1.29, 1.82) is 0 Å². The molecule has 1 aliphatic rings. The Bertz CT molecular complexity index is 885. The number of nitrogens with zero attached hydrogens (tertiary/aromatic N) is 3. The minimum Gasteiger partial charge on any atom is -0.497 e. The number of methoxy groups -OCH3 is 1. The van der Waals surface area contributed by atoms with Crippen molar-refractivity contribution in [3.63, 3.8) is 0 Å². The molecule has 1 N–H and O–H groups in total. The molecule has 2 aromatic carbocycles. The molecular weight excluding hydrogens is 392 g/mol. The van der Waals surface area contributed by atoms with Gasteiger partial charge in [0.25, 0.3) is 0 Å². The SMILES string of the molecule is COc1ccc(N2CCN(CC(=O)N(C)CC(=O)Nc3c(C)cccc3C)CC2)cc1. The van der Waals surface area contributed by atoms with Crippen molar-refractivity contribution < 1.29 is 14.3 Å². The molecule has 7 heteroatoms. The lowest BCUT2D eigenvalue weighted by Gasteiger charge is -2.36. The van der Waals surface area contributed by atoms with Crippen LogP contribution in [0, 0.1) is 13.8 Å². The maximum Gasteiger partial charge on any atom is 0.243 e. The number of hydrogen-bond donors (Lipinski definition) is 1. The quantitative estimate of drug-likeness (QED) is 0.740. The highest BCUT2D eigenvalue weighted by Gasteiger charge is 2.22. The van der Waals surface area contributed by atoms with Gasteiger partial charge in [0, 0.05) is 44.6 Å². The molecule has 0 saturated carbocycles. The molecule has 3 rings (SSSR count). The van der Waals surface area contributed by atoms with Crippen molar-refractivity contribution in [2.45, 2.75) is 13.8 Å². The molecule has 166 valence electrons. The van der Waals surface area contributed by atoms with E-state index < -0.39 is 0 Å². The fourth-order valence-corrected chi connectivity index (χ4v) is 3.76. The summed E-state index contributed by atoms with van der Waals surface area (Å²) in [6, 6.07) is 13.9. The van der Waals surface area contributed by atoms with Gasteiger partial charge in [-0.25, -0.2) is 0 Å². The van der Waals surface area contributed by atoms with Crippen LogP contribution in [0.1, 0.15) is 11.1 Å². The van der Waals surface area contributed by atoms with E-state index in [0.717, 1.165) is 54.4 Å². The zero-order chi connectivity index (χ0) is 22.4. The van der Waals surface area contributed by atoms with Crippen LogP contribution < -0.4 is 15.0 Å². The van der Waals surface area contributed by atoms with Crippen molar-refractivity contribution in [2.24, 2.45) is 0 Å². The van der Waals surface area contributed by atoms with Gasteiger partial charge in [-0.3, -0.25) is 14.5 Å². The highest BCUT2D eigenvalue weighted by Crippen LogP contribution is 2.21. The number of amides is 2. The fourth-order valence-electron chi connectivity index (χ4n) is 3.76. The van der Waals surface area contributed by atoms with Crippen molar-refractivity contribution >= 4 is 23.2 Å². The highest BCUT2D eigenvalue weighted by molar-refractivity contribution is 5.95. The number of aryl methyl sites for hydroxylation is 2. The van der Waals surface area contributed by atoms with Crippen LogP contribution in [0.3, 0.4) is 0 Å². The molecule has 2 aromatic rings. The molecule has 1 aliphatic heterocycles. The number of carbonyl (C=O) groups is 2. The molecule has 1 heterocycles. The summed E-state index contributed by atoms with van der Waals surface area (Å²) in [5, 5.41) is 2.94. The van der Waals surface area contributed by atoms with E-state index in [2.05, 4.69) is 27.2 Å². The molecule has 0 aliphatic carbocycles. The zero-order valence-corrected chi connectivity index (χ0v) is 18.9. The number of benzene rings is 2. The summed E-state index contributed by atoms with van der Waals surface area (Å²) in [4.78, 5) is 31.0. The molecule has 0 aromatic heterocycles. The Morgan fingerprint density at radius 1 is 1.00 bits per heavy atom. The van der Waals surface area contributed by atoms with Gasteiger partial charge in [0.1, 0.15) is 5.75 Å². The predicted octanol–water partition coefficient (Wildman–Crippen LogP) is 2.53. The number of likely N-dealkylation sites (N-methyl/N-ethyl adjacent to an activating group) is 1. The third-order valence-electron chi connectivity index (χ3n) is 5.72. The van der Waals surface area contributed by atoms with Gasteiger partial charge in [-0.05, 0) is 49.2 Å². The van der Waals surface area contributed by atoms with Crippen LogP contribution in [0.15, 0.2) is 42.5 Å². The molecular formula is C24H32N4O3. The Balaban J connectivity index is 1.45. The molecule has 0 radical (unpaired) electrons. The normalized spacial score (nSPS) is 14.3. The Labute approximate surface area is 184 Å². The third-order valence-corrected chi connectivity index (χ3v) is 5.72. The number of hydrogen-bond acceptors (Lipinski definition) is 5. The average molecular weight is 425 g/mol. The Morgan fingerprint density at radius 3 is 2.19 bits per heavy atom. The van der Waals surface area contributed by atoms with Gasteiger partial charge in [0.15, 0.2) is 0 Å². The van der Waals surface area contributed by atoms with Crippen molar-refractivity contribution in [3.05, 3.63) is 53.6 Å². The summed E-state index contributed by atoms with van der Waals surface area (Å²) in [6.07, 6.45) is 0. The lowest BCUT2D eigenvalue weighted by molar-refractivity contribution is -0.134. The van der Waals surface area contributed by atoms with E-state index in [9.17, 15) is 9.59 Å². The first kappa shape index (κ1) is 22.6. The second-order valence-corrected chi connectivity index (χ2v) is 8.03. The number of nitrogens with one attached hydrogen (secondary N) is 1. The predicted molar refractivity (Wildman–Crippen MR) is 124 cm³/mol. The summed E-state index contributed by atoms with van der Waals surface area (Å²) < 4.78 is 5.21. The van der Waals surface area contributed by atoms with E-state index in [4.69, 9.17) is 4.74 Å². The minimum absolute atomic E-state index is 0.0401. The Hall–Kier alpha value is -3.06. The lowest BCUT2D eigenvalue weighted by atomic mass is 10.1. The molecule has 0 unspecified atom stereocenters. The fraction of sp³-hybridized carbons (Fsp3) is 0.417. The van der Waals surface area contributed by atoms with Gasteiger partial charge >= 0.3 is 0 Å². The smallest absolute Gasteiger partial charge is 0.243 e. The van der Waals surface area contributed by atoms with Gasteiger partial charge in [-0.15, -0.1) is 0 Å². The topological polar surface area (TPSA) is 65.1 Å². The maximum absolute atomic E-state index is 12.6. The van der Waals surface area contributed by atoms with Gasteiger partial charge in [-0.1, -0.05) is 18.2 Å². The first-order chi connectivity index (χ1) is 14.9. The number of rotatable bonds is 7. The maximum atomic E-state index is 12.6. The van der Waals surface area contributed by atoms with Gasteiger partial charge < -0.3 is 19.9 Å². The van der Waals surface area contributed by atoms with Crippen molar-refractivity contribution in [2.75, 3.05) is 63.6 Å². The van der Waals surface area contributed by atoms with Gasteiger partial charge in [-0.2, -0.15) is 0 Å². The largest absolute Gasteiger partial charge is 0.497 e. The van der Waals surface area contributed by atoms with Crippen LogP contribution in [0.2, 0.25) is 0 Å². The first-order valence-electron chi connectivity index (χ1n) is 10.6. The third kappa shape index (κ3) is 5.98. The molecule has 0 spiro atoms. The molecule has 1 fully saturated rings. The van der Waals surface area contributed by atoms with Gasteiger partial charge in [0.2, 0.25) is 11.8 Å². The minimum atomic E-state index is -0.183. The summed E-state index contributed by atoms with van der Waals surface area (Å²) >= 11 is 0. The van der Waals surface area contributed by atoms with Crippen molar-refractivity contribution in [1.82, 2.24) is 9.80 Å². The van der Waals surface area contributed by atoms with E-state index in [1.807, 2.05) is 44.2 Å². The summed E-state index contributed by atoms with van der Waals surface area (Å²) in [7, 11) is 3.34. The van der Waals surface area contributed by atoms with Crippen LogP contribution in [0.4, 0.5) is 11.4 Å². The van der Waals surface area contributed by atoms with E-state index in [1.54, 1.807) is 14.2 Å². The van der Waals surface area contributed by atoms with E-state index >= 15 is 0 Å². The van der Waals surface area contributed by atoms with Crippen LogP contribution in [0.5, 0.6) is 5.75 Å². The molecule has 0 bridgehead atoms. The molecule has 31 heavy (non-hydrogen) atoms. The number of para-hydroxylation sites is 1. The highest BCUT2D eigenvalue weighted by atomic mass is 16.5. The Morgan fingerprint density at radius 2 is 1.61 bits per heavy atom. The summed E-state index contributed by atoms with van der Waals surface area (Å²) in [6.45, 7) is 7.61. The van der Waals surface area contributed by atoms with Crippen LogP contribution in [-0.2, 0) is 9.59 Å². The van der Waals surface area contributed by atoms with Gasteiger partial charge in [0.05, 0.1) is 20.2 Å². The monoisotopic (exact) mass is 424 g/mol. The van der Waals surface area contributed by atoms with E-state index in [0.29, 0.717) is 6.54 Å². The number of carbonyl (C=O) groups excluding carboxylic acids is 2. The molecule has 0 atom stereocenters. The standard InChI is InChI=1S/C24H32N4O3/c1-18-6-5-7-19(2)24(18)25-22(29)16-26(3)23(30)17-27-12-14-28(15-13-27)20-8-10-21(31-4)11-9-20/h5-11H,12-17H2,1-4H3,(H,25,29). The first-order valence-corrected chi connectivity index (χ1v) is 10.6. The van der Waals surface area contributed by atoms with Crippen LogP contribution in [-0.4, -0.2) is 75.0 Å². The van der Waals surface area contributed by atoms with Crippen LogP contribution in [0.25, 0.3) is 0 Å². The second-order valence-electron chi connectivity index (χ2n) is 8.03. The van der Waals surface area contributed by atoms with Crippen LogP contribution >= 0.6 is 0 Å². The lowest BCUT2D eigenvalue weighted by Crippen LogP contribution is -2.50. The average Bonchev–Trinajstić information content (AvgIpc) is 2.77. The number of ether oxygens (including phenoxy) is 1. The summed E-state index contributed by atoms with van der Waals surface area (Å²) in [5.74, 6) is 0.616. The van der Waals surface area contributed by atoms with E-state index in [-0.39, 0.29) is 18.4 Å². The molecule has 2 amide bonds.